The predicted octanol–water partition coefficient (Wildman–Crippen LogP) is 5.41. The fraction of sp³-hybridized carbons (Fsp3) is 0.781. The molecule has 5 heteroatoms. The molecule has 1 heterocycles. The van der Waals surface area contributed by atoms with Gasteiger partial charge in [-0.25, -0.2) is 0 Å². The Labute approximate surface area is 221 Å². The summed E-state index contributed by atoms with van der Waals surface area (Å²) in [5, 5.41) is 24.0. The van der Waals surface area contributed by atoms with E-state index in [9.17, 15) is 15.0 Å². The van der Waals surface area contributed by atoms with Crippen molar-refractivity contribution in [2.75, 3.05) is 13.2 Å². The highest BCUT2D eigenvalue weighted by atomic mass is 16.7. The fourth-order valence-corrected chi connectivity index (χ4v) is 10.5. The summed E-state index contributed by atoms with van der Waals surface area (Å²) in [5.41, 5.74) is 2.18. The van der Waals surface area contributed by atoms with Crippen LogP contribution in [0.1, 0.15) is 106 Å². The number of aliphatic hydroxyl groups is 2. The zero-order chi connectivity index (χ0) is 26.0. The molecule has 0 radical (unpaired) electrons. The normalized spacial score (nSPS) is 46.9. The van der Waals surface area contributed by atoms with Crippen molar-refractivity contribution in [3.63, 3.8) is 0 Å². The third-order valence-corrected chi connectivity index (χ3v) is 12.3. The molecule has 1 aliphatic heterocycles. The molecule has 4 saturated carbocycles. The molecule has 5 aliphatic carbocycles. The summed E-state index contributed by atoms with van der Waals surface area (Å²) in [6.07, 6.45) is 7.55. The van der Waals surface area contributed by atoms with Gasteiger partial charge in [0.2, 0.25) is 0 Å². The summed E-state index contributed by atoms with van der Waals surface area (Å²) >= 11 is 0. The van der Waals surface area contributed by atoms with E-state index in [2.05, 4.69) is 32.9 Å². The van der Waals surface area contributed by atoms with E-state index < -0.39 is 11.4 Å². The van der Waals surface area contributed by atoms with Crippen LogP contribution in [0.5, 0.6) is 0 Å². The van der Waals surface area contributed by atoms with E-state index >= 15 is 0 Å². The smallest absolute Gasteiger partial charge is 0.171 e. The molecule has 1 aromatic carbocycles. The quantitative estimate of drug-likeness (QED) is 0.497. The van der Waals surface area contributed by atoms with E-state index in [0.29, 0.717) is 43.3 Å². The first kappa shape index (κ1) is 24.7. The molecule has 8 atom stereocenters. The maximum atomic E-state index is 12.8. The minimum Gasteiger partial charge on any atom is -0.393 e. The first-order valence-electron chi connectivity index (χ1n) is 14.7. The Morgan fingerprint density at radius 3 is 2.51 bits per heavy atom. The molecule has 7 rings (SSSR count). The maximum Gasteiger partial charge on any atom is 0.171 e. The highest BCUT2D eigenvalue weighted by Gasteiger charge is 2.72. The van der Waals surface area contributed by atoms with Gasteiger partial charge in [0.25, 0.3) is 0 Å². The van der Waals surface area contributed by atoms with Crippen molar-refractivity contribution in [2.24, 2.45) is 34.0 Å². The molecule has 2 spiro atoms. The Bertz CT molecular complexity index is 1130. The second kappa shape index (κ2) is 7.68. The average Bonchev–Trinajstić information content (AvgIpc) is 3.15. The van der Waals surface area contributed by atoms with E-state index in [1.165, 1.54) is 11.1 Å². The standard InChI is InChI=1S/C32H44O5/c1-19(33)20-5-6-22-21(13-20)14-30-11-12-32(36-17-28(2,3)18-37-32)16-31(30,35)10-9-23-25-7-8-26(34)29(25,4)15-24(22)27(23)30/h5-6,13,23-27,34-35H,7-12,14-18H2,1-4H3/t23-,24?,25-,26-,27?,29-,30-,31+/m0/s1. The molecular weight excluding hydrogens is 464 g/mol. The molecule has 1 aromatic rings. The number of Topliss-reactive ketones (excluding diaryl/α,β-unsaturated/α-hetero) is 1. The SMILES string of the molecule is CC(=O)c1ccc2c(c1)C[C@]13CCC4(C[C@]1(O)CC[C@@H]1C3C2C[C@]2(C)[C@@H](O)CC[C@@H]12)OCC(C)(C)CO4. The number of ketones is 1. The van der Waals surface area contributed by atoms with Gasteiger partial charge in [0.1, 0.15) is 0 Å². The van der Waals surface area contributed by atoms with Crippen molar-refractivity contribution in [2.45, 2.75) is 109 Å². The monoisotopic (exact) mass is 508 g/mol. The first-order chi connectivity index (χ1) is 17.4. The van der Waals surface area contributed by atoms with Gasteiger partial charge in [0, 0.05) is 29.2 Å². The van der Waals surface area contributed by atoms with Crippen molar-refractivity contribution in [3.05, 3.63) is 34.9 Å². The van der Waals surface area contributed by atoms with Gasteiger partial charge in [-0.3, -0.25) is 4.79 Å². The summed E-state index contributed by atoms with van der Waals surface area (Å²) in [7, 11) is 0. The number of rotatable bonds is 1. The molecule has 0 amide bonds. The topological polar surface area (TPSA) is 76.0 Å². The number of benzene rings is 1. The maximum absolute atomic E-state index is 12.8. The largest absolute Gasteiger partial charge is 0.393 e. The molecule has 37 heavy (non-hydrogen) atoms. The van der Waals surface area contributed by atoms with Gasteiger partial charge < -0.3 is 19.7 Å². The molecule has 0 aromatic heterocycles. The molecule has 5 fully saturated rings. The zero-order valence-electron chi connectivity index (χ0n) is 23.0. The van der Waals surface area contributed by atoms with Crippen molar-refractivity contribution < 1.29 is 24.5 Å². The highest BCUT2D eigenvalue weighted by Crippen LogP contribution is 2.74. The van der Waals surface area contributed by atoms with E-state index in [1.807, 2.05) is 6.07 Å². The van der Waals surface area contributed by atoms with E-state index in [0.717, 1.165) is 56.9 Å². The van der Waals surface area contributed by atoms with Gasteiger partial charge in [0.15, 0.2) is 11.6 Å². The predicted molar refractivity (Wildman–Crippen MR) is 140 cm³/mol. The van der Waals surface area contributed by atoms with Crippen molar-refractivity contribution >= 4 is 5.78 Å². The van der Waals surface area contributed by atoms with Gasteiger partial charge in [-0.2, -0.15) is 0 Å². The molecule has 202 valence electrons. The lowest BCUT2D eigenvalue weighted by Gasteiger charge is -2.70. The summed E-state index contributed by atoms with van der Waals surface area (Å²) in [6, 6.07) is 6.33. The lowest BCUT2D eigenvalue weighted by molar-refractivity contribution is -0.357. The van der Waals surface area contributed by atoms with Crippen molar-refractivity contribution in [1.82, 2.24) is 0 Å². The summed E-state index contributed by atoms with van der Waals surface area (Å²) in [4.78, 5) is 12.4. The fourth-order valence-electron chi connectivity index (χ4n) is 10.5. The number of fused-ring (bicyclic) bond motifs is 4. The number of carbonyl (C=O) groups is 1. The van der Waals surface area contributed by atoms with Crippen molar-refractivity contribution in [3.8, 4) is 0 Å². The van der Waals surface area contributed by atoms with Crippen LogP contribution in [-0.2, 0) is 15.9 Å². The summed E-state index contributed by atoms with van der Waals surface area (Å²) in [5.74, 6) is 1.13. The van der Waals surface area contributed by atoms with Crippen LogP contribution in [0.25, 0.3) is 0 Å². The third kappa shape index (κ3) is 3.27. The number of hydrogen-bond acceptors (Lipinski definition) is 5. The van der Waals surface area contributed by atoms with Gasteiger partial charge >= 0.3 is 0 Å². The van der Waals surface area contributed by atoms with Crippen LogP contribution in [0.3, 0.4) is 0 Å². The third-order valence-electron chi connectivity index (χ3n) is 12.3. The average molecular weight is 509 g/mol. The molecular formula is C32H44O5. The second-order valence-corrected chi connectivity index (χ2v) is 14.9. The number of aliphatic hydroxyl groups excluding tert-OH is 1. The molecule has 2 N–H and O–H groups in total. The minimum absolute atomic E-state index is 0.00420. The number of hydrogen-bond donors (Lipinski definition) is 2. The molecule has 5 nitrogen and oxygen atoms in total. The lowest BCUT2D eigenvalue weighted by Crippen LogP contribution is -2.70. The summed E-state index contributed by atoms with van der Waals surface area (Å²) < 4.78 is 12.9. The Morgan fingerprint density at radius 2 is 1.78 bits per heavy atom. The molecule has 1 saturated heterocycles. The van der Waals surface area contributed by atoms with Gasteiger partial charge in [-0.05, 0) is 98.1 Å². The molecule has 2 unspecified atom stereocenters. The minimum atomic E-state index is -0.860. The summed E-state index contributed by atoms with van der Waals surface area (Å²) in [6.45, 7) is 9.65. The highest BCUT2D eigenvalue weighted by molar-refractivity contribution is 5.94. The van der Waals surface area contributed by atoms with Gasteiger partial charge in [-0.15, -0.1) is 0 Å². The zero-order valence-corrected chi connectivity index (χ0v) is 23.0. The van der Waals surface area contributed by atoms with Crippen LogP contribution < -0.4 is 0 Å². The van der Waals surface area contributed by atoms with E-state index in [-0.39, 0.29) is 28.1 Å². The number of ether oxygens (including phenoxy) is 2. The van der Waals surface area contributed by atoms with Crippen LogP contribution in [0.2, 0.25) is 0 Å². The van der Waals surface area contributed by atoms with Gasteiger partial charge in [-0.1, -0.05) is 32.9 Å². The number of carbonyl (C=O) groups excluding carboxylic acids is 1. The molecule has 0 bridgehead atoms. The van der Waals surface area contributed by atoms with Crippen LogP contribution in [0, 0.1) is 34.0 Å². The van der Waals surface area contributed by atoms with Crippen LogP contribution >= 0.6 is 0 Å². The van der Waals surface area contributed by atoms with Crippen LogP contribution in [0.4, 0.5) is 0 Å². The Hall–Kier alpha value is -1.27. The Balaban J connectivity index is 1.35. The second-order valence-electron chi connectivity index (χ2n) is 14.9. The first-order valence-corrected chi connectivity index (χ1v) is 14.7. The van der Waals surface area contributed by atoms with E-state index in [1.54, 1.807) is 6.92 Å². The van der Waals surface area contributed by atoms with Gasteiger partial charge in [0.05, 0.1) is 24.9 Å². The van der Waals surface area contributed by atoms with Crippen LogP contribution in [0.15, 0.2) is 18.2 Å². The Kier molecular flexibility index (Phi) is 5.14. The lowest BCUT2D eigenvalue weighted by atomic mass is 9.37. The van der Waals surface area contributed by atoms with Crippen molar-refractivity contribution in [1.29, 1.82) is 0 Å². The Morgan fingerprint density at radius 1 is 1.03 bits per heavy atom. The van der Waals surface area contributed by atoms with Crippen LogP contribution in [-0.4, -0.2) is 46.7 Å². The van der Waals surface area contributed by atoms with E-state index in [4.69, 9.17) is 9.47 Å². The molecule has 6 aliphatic rings.